The fourth-order valence-electron chi connectivity index (χ4n) is 1.88. The van der Waals surface area contributed by atoms with Crippen LogP contribution < -0.4 is 10.2 Å². The average molecular weight is 365 g/mol. The normalized spacial score (nSPS) is 10.1. The Morgan fingerprint density at radius 2 is 1.68 bits per heavy atom. The van der Waals surface area contributed by atoms with Gasteiger partial charge < -0.3 is 10.2 Å². The Hall–Kier alpha value is -2.21. The zero-order valence-corrected chi connectivity index (χ0v) is 13.4. The lowest BCUT2D eigenvalue weighted by Crippen LogP contribution is -2.36. The second kappa shape index (κ2) is 7.17. The van der Waals surface area contributed by atoms with Gasteiger partial charge in [0.15, 0.2) is 0 Å². The van der Waals surface area contributed by atoms with Crippen LogP contribution in [0, 0.1) is 5.82 Å². The van der Waals surface area contributed by atoms with Crippen molar-refractivity contribution in [3.05, 3.63) is 58.8 Å². The fourth-order valence-corrected chi connectivity index (χ4v) is 2.15. The van der Waals surface area contributed by atoms with Crippen molar-refractivity contribution in [1.29, 1.82) is 0 Å². The topological polar surface area (TPSA) is 49.4 Å². The third-order valence-corrected chi connectivity index (χ3v) is 3.48. The summed E-state index contributed by atoms with van der Waals surface area (Å²) in [6, 6.07) is 12.5. The van der Waals surface area contributed by atoms with Crippen molar-refractivity contribution >= 4 is 39.1 Å². The lowest BCUT2D eigenvalue weighted by atomic mass is 10.2. The highest BCUT2D eigenvalue weighted by Gasteiger charge is 2.16. The maximum atomic E-state index is 12.9. The molecule has 0 bridgehead atoms. The van der Waals surface area contributed by atoms with E-state index in [1.54, 1.807) is 24.3 Å². The summed E-state index contributed by atoms with van der Waals surface area (Å²) in [5, 5.41) is 2.71. The summed E-state index contributed by atoms with van der Waals surface area (Å²) in [6.07, 6.45) is 0. The van der Waals surface area contributed by atoms with Crippen LogP contribution in [0.15, 0.2) is 53.0 Å². The lowest BCUT2D eigenvalue weighted by Gasteiger charge is -2.20. The molecule has 22 heavy (non-hydrogen) atoms. The zero-order chi connectivity index (χ0) is 16.1. The van der Waals surface area contributed by atoms with Crippen LogP contribution in [0.1, 0.15) is 6.92 Å². The van der Waals surface area contributed by atoms with E-state index in [1.807, 2.05) is 0 Å². The SMILES string of the molecule is CC(=O)N(CC(=O)Nc1ccc(Br)cc1)c1ccc(F)cc1. The summed E-state index contributed by atoms with van der Waals surface area (Å²) in [6.45, 7) is 1.22. The van der Waals surface area contributed by atoms with Gasteiger partial charge >= 0.3 is 0 Å². The molecule has 2 amide bonds. The number of anilines is 2. The van der Waals surface area contributed by atoms with Crippen LogP contribution in [0.3, 0.4) is 0 Å². The molecule has 0 radical (unpaired) electrons. The summed E-state index contributed by atoms with van der Waals surface area (Å²) >= 11 is 3.31. The number of hydrogen-bond donors (Lipinski definition) is 1. The third kappa shape index (κ3) is 4.39. The molecule has 0 heterocycles. The van der Waals surface area contributed by atoms with E-state index < -0.39 is 5.82 Å². The van der Waals surface area contributed by atoms with Crippen LogP contribution in [-0.4, -0.2) is 18.4 Å². The molecular weight excluding hydrogens is 351 g/mol. The van der Waals surface area contributed by atoms with Gasteiger partial charge in [0.1, 0.15) is 12.4 Å². The summed E-state index contributed by atoms with van der Waals surface area (Å²) in [5.74, 6) is -1.02. The Bertz CT molecular complexity index is 672. The molecule has 2 rings (SSSR count). The average Bonchev–Trinajstić information content (AvgIpc) is 2.48. The van der Waals surface area contributed by atoms with E-state index >= 15 is 0 Å². The second-order valence-electron chi connectivity index (χ2n) is 4.64. The van der Waals surface area contributed by atoms with Crippen LogP contribution in [0.25, 0.3) is 0 Å². The molecule has 2 aromatic carbocycles. The van der Waals surface area contributed by atoms with Gasteiger partial charge in [-0.2, -0.15) is 0 Å². The van der Waals surface area contributed by atoms with Crippen LogP contribution >= 0.6 is 15.9 Å². The quantitative estimate of drug-likeness (QED) is 0.901. The standard InChI is InChI=1S/C16H14BrFN2O2/c1-11(21)20(15-8-4-13(18)5-9-15)10-16(22)19-14-6-2-12(17)3-7-14/h2-9H,10H2,1H3,(H,19,22). The first-order valence-corrected chi connectivity index (χ1v) is 7.34. The molecule has 0 aliphatic carbocycles. The number of halogens is 2. The monoisotopic (exact) mass is 364 g/mol. The van der Waals surface area contributed by atoms with Crippen molar-refractivity contribution < 1.29 is 14.0 Å². The van der Waals surface area contributed by atoms with Crippen molar-refractivity contribution in [3.8, 4) is 0 Å². The van der Waals surface area contributed by atoms with E-state index in [9.17, 15) is 14.0 Å². The predicted octanol–water partition coefficient (Wildman–Crippen LogP) is 3.58. The highest BCUT2D eigenvalue weighted by atomic mass is 79.9. The Morgan fingerprint density at radius 1 is 1.09 bits per heavy atom. The van der Waals surface area contributed by atoms with Crippen molar-refractivity contribution in [1.82, 2.24) is 0 Å². The van der Waals surface area contributed by atoms with E-state index in [-0.39, 0.29) is 18.4 Å². The number of nitrogens with zero attached hydrogens (tertiary/aromatic N) is 1. The summed E-state index contributed by atoms with van der Waals surface area (Å²) < 4.78 is 13.9. The number of rotatable bonds is 4. The molecular formula is C16H14BrFN2O2. The minimum absolute atomic E-state index is 0.142. The molecule has 0 spiro atoms. The first-order valence-electron chi connectivity index (χ1n) is 6.55. The number of carbonyl (C=O) groups is 2. The van der Waals surface area contributed by atoms with Crippen molar-refractivity contribution in [3.63, 3.8) is 0 Å². The predicted molar refractivity (Wildman–Crippen MR) is 87.2 cm³/mol. The molecule has 6 heteroatoms. The Balaban J connectivity index is 2.07. The number of carbonyl (C=O) groups excluding carboxylic acids is 2. The van der Waals surface area contributed by atoms with Gasteiger partial charge in [-0.1, -0.05) is 15.9 Å². The van der Waals surface area contributed by atoms with Gasteiger partial charge in [0.25, 0.3) is 0 Å². The summed E-state index contributed by atoms with van der Waals surface area (Å²) in [5.41, 5.74) is 1.11. The molecule has 0 aromatic heterocycles. The van der Waals surface area contributed by atoms with Crippen molar-refractivity contribution in [2.24, 2.45) is 0 Å². The first-order chi connectivity index (χ1) is 10.5. The Kier molecular flexibility index (Phi) is 5.27. The molecule has 0 fully saturated rings. The molecule has 2 aromatic rings. The highest BCUT2D eigenvalue weighted by Crippen LogP contribution is 2.16. The second-order valence-corrected chi connectivity index (χ2v) is 5.55. The molecule has 0 saturated carbocycles. The van der Waals surface area contributed by atoms with E-state index in [1.165, 1.54) is 36.1 Å². The van der Waals surface area contributed by atoms with E-state index in [0.29, 0.717) is 11.4 Å². The number of nitrogens with one attached hydrogen (secondary N) is 1. The number of amides is 2. The molecule has 0 aliphatic heterocycles. The largest absolute Gasteiger partial charge is 0.325 e. The van der Waals surface area contributed by atoms with Gasteiger partial charge in [0, 0.05) is 22.8 Å². The third-order valence-electron chi connectivity index (χ3n) is 2.95. The van der Waals surface area contributed by atoms with Gasteiger partial charge in [-0.15, -0.1) is 0 Å². The van der Waals surface area contributed by atoms with Crippen molar-refractivity contribution in [2.75, 3.05) is 16.8 Å². The van der Waals surface area contributed by atoms with Crippen LogP contribution in [0.5, 0.6) is 0 Å². The molecule has 0 saturated heterocycles. The van der Waals surface area contributed by atoms with Crippen LogP contribution in [-0.2, 0) is 9.59 Å². The maximum absolute atomic E-state index is 12.9. The van der Waals surface area contributed by atoms with Crippen molar-refractivity contribution in [2.45, 2.75) is 6.92 Å². The molecule has 0 unspecified atom stereocenters. The van der Waals surface area contributed by atoms with E-state index in [0.717, 1.165) is 4.47 Å². The van der Waals surface area contributed by atoms with Gasteiger partial charge in [-0.05, 0) is 48.5 Å². The smallest absolute Gasteiger partial charge is 0.244 e. The van der Waals surface area contributed by atoms with Gasteiger partial charge in [-0.25, -0.2) is 4.39 Å². The van der Waals surface area contributed by atoms with Crippen LogP contribution in [0.4, 0.5) is 15.8 Å². The zero-order valence-electron chi connectivity index (χ0n) is 11.8. The molecule has 0 aliphatic rings. The molecule has 1 N–H and O–H groups in total. The molecule has 114 valence electrons. The first kappa shape index (κ1) is 16.2. The Morgan fingerprint density at radius 3 is 2.23 bits per heavy atom. The minimum Gasteiger partial charge on any atom is -0.325 e. The van der Waals surface area contributed by atoms with Gasteiger partial charge in [0.2, 0.25) is 11.8 Å². The van der Waals surface area contributed by atoms with Gasteiger partial charge in [-0.3, -0.25) is 9.59 Å². The highest BCUT2D eigenvalue weighted by molar-refractivity contribution is 9.10. The summed E-state index contributed by atoms with van der Waals surface area (Å²) in [4.78, 5) is 25.1. The molecule has 0 atom stereocenters. The van der Waals surface area contributed by atoms with Gasteiger partial charge in [0.05, 0.1) is 0 Å². The maximum Gasteiger partial charge on any atom is 0.244 e. The van der Waals surface area contributed by atoms with E-state index in [4.69, 9.17) is 0 Å². The van der Waals surface area contributed by atoms with Crippen LogP contribution in [0.2, 0.25) is 0 Å². The molecule has 4 nitrogen and oxygen atoms in total. The number of benzene rings is 2. The fraction of sp³-hybridized carbons (Fsp3) is 0.125. The Labute approximate surface area is 136 Å². The summed E-state index contributed by atoms with van der Waals surface area (Å²) in [7, 11) is 0. The number of hydrogen-bond acceptors (Lipinski definition) is 2. The lowest BCUT2D eigenvalue weighted by molar-refractivity contribution is -0.120. The van der Waals surface area contributed by atoms with E-state index in [2.05, 4.69) is 21.2 Å². The minimum atomic E-state index is -0.397.